The molecule has 0 aromatic heterocycles. The third-order valence-electron chi connectivity index (χ3n) is 2.77. The molecule has 19 heavy (non-hydrogen) atoms. The summed E-state index contributed by atoms with van der Waals surface area (Å²) in [5, 5.41) is 1.57. The van der Waals surface area contributed by atoms with Gasteiger partial charge in [0, 0.05) is 0 Å². The number of nitrogens with zero attached hydrogens (tertiary/aromatic N) is 1. The number of methoxy groups -OCH3 is 1. The van der Waals surface area contributed by atoms with Crippen molar-refractivity contribution in [2.24, 2.45) is 5.84 Å². The number of benzene rings is 2. The van der Waals surface area contributed by atoms with Crippen LogP contribution in [0.4, 0.5) is 11.4 Å². The van der Waals surface area contributed by atoms with Gasteiger partial charge in [-0.25, -0.2) is 5.84 Å². The van der Waals surface area contributed by atoms with Crippen LogP contribution in [0.15, 0.2) is 48.5 Å². The second-order valence-electron chi connectivity index (χ2n) is 3.94. The number of ether oxygens (including phenoxy) is 2. The van der Waals surface area contributed by atoms with E-state index >= 15 is 0 Å². The number of hydrogen-bond donors (Lipinski definition) is 1. The average molecular weight is 258 g/mol. The molecule has 2 aromatic rings. The Morgan fingerprint density at radius 1 is 0.947 bits per heavy atom. The van der Waals surface area contributed by atoms with Gasteiger partial charge in [-0.2, -0.15) is 0 Å². The van der Waals surface area contributed by atoms with Gasteiger partial charge in [-0.1, -0.05) is 24.3 Å². The molecule has 0 aliphatic heterocycles. The molecule has 100 valence electrons. The summed E-state index contributed by atoms with van der Waals surface area (Å²) in [4.78, 5) is 0. The lowest BCUT2D eigenvalue weighted by atomic mass is 10.2. The molecule has 0 atom stereocenters. The molecule has 2 aromatic carbocycles. The normalized spacial score (nSPS) is 10.1. The van der Waals surface area contributed by atoms with Gasteiger partial charge in [-0.3, -0.25) is 5.01 Å². The van der Waals surface area contributed by atoms with Crippen molar-refractivity contribution in [3.8, 4) is 11.5 Å². The average Bonchev–Trinajstić information content (AvgIpc) is 2.47. The first-order chi connectivity index (χ1) is 9.27. The van der Waals surface area contributed by atoms with Crippen LogP contribution in [0.1, 0.15) is 6.92 Å². The molecule has 0 fully saturated rings. The summed E-state index contributed by atoms with van der Waals surface area (Å²) in [6, 6.07) is 15.3. The minimum atomic E-state index is 0.594. The summed E-state index contributed by atoms with van der Waals surface area (Å²) >= 11 is 0. The zero-order chi connectivity index (χ0) is 13.7. The Bertz CT molecular complexity index is 543. The highest BCUT2D eigenvalue weighted by Gasteiger charge is 2.13. The zero-order valence-electron chi connectivity index (χ0n) is 11.2. The van der Waals surface area contributed by atoms with E-state index in [1.165, 1.54) is 0 Å². The van der Waals surface area contributed by atoms with Gasteiger partial charge in [0.15, 0.2) is 0 Å². The summed E-state index contributed by atoms with van der Waals surface area (Å²) in [6.07, 6.45) is 0. The first-order valence-corrected chi connectivity index (χ1v) is 6.17. The van der Waals surface area contributed by atoms with Crippen LogP contribution in [0.25, 0.3) is 0 Å². The Morgan fingerprint density at radius 2 is 1.47 bits per heavy atom. The molecule has 0 radical (unpaired) electrons. The topological polar surface area (TPSA) is 47.7 Å². The number of anilines is 2. The highest BCUT2D eigenvalue weighted by atomic mass is 16.5. The van der Waals surface area contributed by atoms with Crippen LogP contribution in [-0.4, -0.2) is 13.7 Å². The smallest absolute Gasteiger partial charge is 0.144 e. The lowest BCUT2D eigenvalue weighted by Crippen LogP contribution is -2.26. The van der Waals surface area contributed by atoms with E-state index in [0.29, 0.717) is 6.61 Å². The summed E-state index contributed by atoms with van der Waals surface area (Å²) in [7, 11) is 1.63. The van der Waals surface area contributed by atoms with Crippen LogP contribution >= 0.6 is 0 Å². The van der Waals surface area contributed by atoms with Crippen molar-refractivity contribution in [1.29, 1.82) is 0 Å². The van der Waals surface area contributed by atoms with E-state index in [2.05, 4.69) is 0 Å². The number of hydrogen-bond acceptors (Lipinski definition) is 4. The van der Waals surface area contributed by atoms with Gasteiger partial charge in [-0.05, 0) is 31.2 Å². The molecule has 2 N–H and O–H groups in total. The predicted octanol–water partition coefficient (Wildman–Crippen LogP) is 3.11. The van der Waals surface area contributed by atoms with Crippen LogP contribution < -0.4 is 20.3 Å². The lowest BCUT2D eigenvalue weighted by Gasteiger charge is -2.23. The largest absolute Gasteiger partial charge is 0.495 e. The Labute approximate surface area is 113 Å². The van der Waals surface area contributed by atoms with Gasteiger partial charge in [0.1, 0.15) is 11.5 Å². The van der Waals surface area contributed by atoms with E-state index in [1.54, 1.807) is 12.1 Å². The third-order valence-corrected chi connectivity index (χ3v) is 2.77. The SMILES string of the molecule is CCOc1ccccc1N(N)c1ccccc1OC. The molecule has 0 unspecified atom stereocenters. The Balaban J connectivity index is 2.41. The molecule has 0 heterocycles. The second-order valence-corrected chi connectivity index (χ2v) is 3.94. The van der Waals surface area contributed by atoms with Gasteiger partial charge >= 0.3 is 0 Å². The third kappa shape index (κ3) is 2.80. The van der Waals surface area contributed by atoms with Crippen LogP contribution in [-0.2, 0) is 0 Å². The molecule has 0 spiro atoms. The Morgan fingerprint density at radius 3 is 2.05 bits per heavy atom. The van der Waals surface area contributed by atoms with E-state index in [0.717, 1.165) is 22.9 Å². The zero-order valence-corrected chi connectivity index (χ0v) is 11.2. The number of hydrazine groups is 1. The van der Waals surface area contributed by atoms with Crippen molar-refractivity contribution >= 4 is 11.4 Å². The predicted molar refractivity (Wildman–Crippen MR) is 76.9 cm³/mol. The summed E-state index contributed by atoms with van der Waals surface area (Å²) in [6.45, 7) is 2.54. The first kappa shape index (κ1) is 13.2. The fourth-order valence-electron chi connectivity index (χ4n) is 1.89. The maximum absolute atomic E-state index is 6.20. The maximum atomic E-state index is 6.20. The molecule has 0 bridgehead atoms. The number of para-hydroxylation sites is 4. The van der Waals surface area contributed by atoms with Crippen molar-refractivity contribution in [3.05, 3.63) is 48.5 Å². The molecule has 4 nitrogen and oxygen atoms in total. The molecular formula is C15H18N2O2. The molecule has 4 heteroatoms. The quantitative estimate of drug-likeness (QED) is 0.661. The van der Waals surface area contributed by atoms with E-state index in [4.69, 9.17) is 15.3 Å². The van der Waals surface area contributed by atoms with Gasteiger partial charge < -0.3 is 9.47 Å². The van der Waals surface area contributed by atoms with Crippen LogP contribution in [0.2, 0.25) is 0 Å². The highest BCUT2D eigenvalue weighted by molar-refractivity contribution is 5.72. The first-order valence-electron chi connectivity index (χ1n) is 6.17. The van der Waals surface area contributed by atoms with Crippen molar-refractivity contribution in [3.63, 3.8) is 0 Å². The molecule has 0 amide bonds. The van der Waals surface area contributed by atoms with Crippen molar-refractivity contribution in [2.75, 3.05) is 18.7 Å². The Kier molecular flexibility index (Phi) is 4.26. The minimum absolute atomic E-state index is 0.594. The van der Waals surface area contributed by atoms with E-state index in [-0.39, 0.29) is 0 Å². The molecule has 0 aliphatic carbocycles. The molecule has 2 rings (SSSR count). The fraction of sp³-hybridized carbons (Fsp3) is 0.200. The van der Waals surface area contributed by atoms with Crippen LogP contribution in [0.3, 0.4) is 0 Å². The Hall–Kier alpha value is -2.20. The van der Waals surface area contributed by atoms with Gasteiger partial charge in [0.05, 0.1) is 25.1 Å². The lowest BCUT2D eigenvalue weighted by molar-refractivity contribution is 0.341. The van der Waals surface area contributed by atoms with Gasteiger partial charge in [0.2, 0.25) is 0 Å². The number of rotatable bonds is 5. The summed E-state index contributed by atoms with van der Waals surface area (Å²) < 4.78 is 10.9. The molecular weight excluding hydrogens is 240 g/mol. The van der Waals surface area contributed by atoms with Crippen LogP contribution in [0.5, 0.6) is 11.5 Å². The van der Waals surface area contributed by atoms with Gasteiger partial charge in [0.25, 0.3) is 0 Å². The van der Waals surface area contributed by atoms with Crippen LogP contribution in [0, 0.1) is 0 Å². The highest BCUT2D eigenvalue weighted by Crippen LogP contribution is 2.35. The fourth-order valence-corrected chi connectivity index (χ4v) is 1.89. The summed E-state index contributed by atoms with van der Waals surface area (Å²) in [5.41, 5.74) is 1.59. The van der Waals surface area contributed by atoms with Crippen molar-refractivity contribution in [1.82, 2.24) is 0 Å². The minimum Gasteiger partial charge on any atom is -0.495 e. The van der Waals surface area contributed by atoms with E-state index in [1.807, 2.05) is 55.5 Å². The number of nitrogens with two attached hydrogens (primary N) is 1. The molecule has 0 aliphatic rings. The van der Waals surface area contributed by atoms with E-state index < -0.39 is 0 Å². The standard InChI is InChI=1S/C15H18N2O2/c1-3-19-15-11-7-5-9-13(15)17(16)12-8-4-6-10-14(12)18-2/h4-11H,3,16H2,1-2H3. The van der Waals surface area contributed by atoms with Crippen molar-refractivity contribution in [2.45, 2.75) is 6.92 Å². The second kappa shape index (κ2) is 6.11. The van der Waals surface area contributed by atoms with E-state index in [9.17, 15) is 0 Å². The monoisotopic (exact) mass is 258 g/mol. The molecule has 0 saturated carbocycles. The maximum Gasteiger partial charge on any atom is 0.144 e. The molecule has 0 saturated heterocycles. The van der Waals surface area contributed by atoms with Crippen molar-refractivity contribution < 1.29 is 9.47 Å². The van der Waals surface area contributed by atoms with Gasteiger partial charge in [-0.15, -0.1) is 0 Å². The summed E-state index contributed by atoms with van der Waals surface area (Å²) in [5.74, 6) is 7.66.